The third kappa shape index (κ3) is 3.68. The summed E-state index contributed by atoms with van der Waals surface area (Å²) in [5.41, 5.74) is 0.858. The molecule has 1 N–H and O–H groups in total. The number of amides is 3. The number of nitrogens with one attached hydrogen (secondary N) is 1. The van der Waals surface area contributed by atoms with Crippen molar-refractivity contribution in [2.75, 3.05) is 39.8 Å². The van der Waals surface area contributed by atoms with Gasteiger partial charge in [-0.1, -0.05) is 30.3 Å². The Labute approximate surface area is 145 Å². The van der Waals surface area contributed by atoms with Crippen molar-refractivity contribution < 1.29 is 19.3 Å². The molecule has 24 heavy (non-hydrogen) atoms. The number of carbonyl (C=O) groups excluding carboxylic acids is 3. The molecule has 126 valence electrons. The lowest BCUT2D eigenvalue weighted by atomic mass is 10.2. The first kappa shape index (κ1) is 16.7. The van der Waals surface area contributed by atoms with E-state index in [0.717, 1.165) is 35.3 Å². The van der Waals surface area contributed by atoms with Crippen LogP contribution >= 0.6 is 11.8 Å². The second kappa shape index (κ2) is 7.19. The average molecular weight is 346 g/mol. The highest BCUT2D eigenvalue weighted by atomic mass is 32.2. The van der Waals surface area contributed by atoms with E-state index in [-0.39, 0.29) is 23.6 Å². The summed E-state index contributed by atoms with van der Waals surface area (Å²) in [6.07, 6.45) is 1.69. The van der Waals surface area contributed by atoms with Crippen LogP contribution in [0.5, 0.6) is 0 Å². The molecule has 0 spiro atoms. The zero-order chi connectivity index (χ0) is 17.1. The van der Waals surface area contributed by atoms with E-state index in [0.29, 0.717) is 18.0 Å². The molecule has 0 saturated carbocycles. The molecule has 2 fully saturated rings. The van der Waals surface area contributed by atoms with Crippen LogP contribution in [0.3, 0.4) is 0 Å². The summed E-state index contributed by atoms with van der Waals surface area (Å²) in [5.74, 6) is -0.548. The van der Waals surface area contributed by atoms with Crippen LogP contribution in [0.2, 0.25) is 0 Å². The van der Waals surface area contributed by atoms with Crippen LogP contribution < -0.4 is 4.90 Å². The zero-order valence-electron chi connectivity index (χ0n) is 13.5. The number of nitrogens with zero attached hydrogens (tertiary/aromatic N) is 2. The Morgan fingerprint density at radius 2 is 1.88 bits per heavy atom. The van der Waals surface area contributed by atoms with Crippen molar-refractivity contribution >= 4 is 34.9 Å². The maximum atomic E-state index is 12.4. The predicted molar refractivity (Wildman–Crippen MR) is 92.3 cm³/mol. The number of thioether (sulfide) groups is 1. The monoisotopic (exact) mass is 346 g/mol. The average Bonchev–Trinajstić information content (AvgIpc) is 2.84. The Bertz CT molecular complexity index is 682. The van der Waals surface area contributed by atoms with Gasteiger partial charge in [0.2, 0.25) is 5.91 Å². The van der Waals surface area contributed by atoms with E-state index < -0.39 is 0 Å². The molecule has 2 saturated heterocycles. The van der Waals surface area contributed by atoms with Gasteiger partial charge in [-0.15, -0.1) is 0 Å². The van der Waals surface area contributed by atoms with Gasteiger partial charge in [0.25, 0.3) is 11.1 Å². The number of likely N-dealkylation sites (N-methyl/N-ethyl adjacent to an activating group) is 1. The van der Waals surface area contributed by atoms with Crippen LogP contribution in [-0.4, -0.2) is 66.6 Å². The smallest absolute Gasteiger partial charge is 0.294 e. The first-order valence-corrected chi connectivity index (χ1v) is 8.76. The van der Waals surface area contributed by atoms with Gasteiger partial charge in [-0.3, -0.25) is 19.3 Å². The van der Waals surface area contributed by atoms with Gasteiger partial charge < -0.3 is 9.80 Å². The first-order valence-electron chi connectivity index (χ1n) is 7.94. The van der Waals surface area contributed by atoms with Crippen molar-refractivity contribution in [2.24, 2.45) is 0 Å². The summed E-state index contributed by atoms with van der Waals surface area (Å²) >= 11 is 0.889. The van der Waals surface area contributed by atoms with E-state index in [1.807, 2.05) is 30.3 Å². The highest BCUT2D eigenvalue weighted by molar-refractivity contribution is 8.18. The normalized spacial score (nSPS) is 21.0. The standard InChI is InChI=1S/C17H19N3O3S/c1-18-7-9-19(10-8-18)15(21)12-20-16(22)14(24-17(20)23)11-13-5-3-2-4-6-13/h2-6,11H,7-10,12H2,1H3/p+1/b14-11+. The third-order valence-electron chi connectivity index (χ3n) is 4.23. The third-order valence-corrected chi connectivity index (χ3v) is 5.14. The van der Waals surface area contributed by atoms with E-state index in [1.165, 1.54) is 4.90 Å². The molecular weight excluding hydrogens is 326 g/mol. The van der Waals surface area contributed by atoms with Gasteiger partial charge in [-0.2, -0.15) is 0 Å². The number of quaternary nitrogens is 1. The molecule has 0 radical (unpaired) electrons. The minimum Gasteiger partial charge on any atom is -0.334 e. The number of hydrogen-bond donors (Lipinski definition) is 1. The van der Waals surface area contributed by atoms with Gasteiger partial charge in [0.05, 0.1) is 38.1 Å². The molecule has 1 aromatic carbocycles. The molecule has 3 amide bonds. The Morgan fingerprint density at radius 3 is 2.54 bits per heavy atom. The molecule has 0 aliphatic carbocycles. The quantitative estimate of drug-likeness (QED) is 0.788. The molecule has 6 nitrogen and oxygen atoms in total. The number of hydrogen-bond acceptors (Lipinski definition) is 4. The summed E-state index contributed by atoms with van der Waals surface area (Å²) in [7, 11) is 2.09. The molecule has 2 aliphatic heterocycles. The van der Waals surface area contributed by atoms with Gasteiger partial charge in [-0.25, -0.2) is 0 Å². The molecule has 7 heteroatoms. The molecule has 2 heterocycles. The van der Waals surface area contributed by atoms with Crippen LogP contribution in [-0.2, 0) is 9.59 Å². The highest BCUT2D eigenvalue weighted by Crippen LogP contribution is 2.32. The van der Waals surface area contributed by atoms with E-state index >= 15 is 0 Å². The second-order valence-corrected chi connectivity index (χ2v) is 7.01. The molecule has 0 bridgehead atoms. The number of carbonyl (C=O) groups is 3. The number of imide groups is 1. The molecule has 2 aliphatic rings. The summed E-state index contributed by atoms with van der Waals surface area (Å²) < 4.78 is 0. The van der Waals surface area contributed by atoms with Gasteiger partial charge in [0, 0.05) is 0 Å². The Kier molecular flexibility index (Phi) is 5.01. The van der Waals surface area contributed by atoms with E-state index in [1.54, 1.807) is 11.0 Å². The minimum atomic E-state index is -0.387. The Balaban J connectivity index is 1.66. The SMILES string of the molecule is C[NH+]1CCN(C(=O)CN2C(=O)S/C(=C/c3ccccc3)C2=O)CC1. The van der Waals surface area contributed by atoms with Crippen LogP contribution in [0.25, 0.3) is 6.08 Å². The van der Waals surface area contributed by atoms with E-state index in [9.17, 15) is 14.4 Å². The van der Waals surface area contributed by atoms with Crippen molar-refractivity contribution in [1.29, 1.82) is 0 Å². The predicted octanol–water partition coefficient (Wildman–Crippen LogP) is 0.0798. The lowest BCUT2D eigenvalue weighted by Crippen LogP contribution is -3.12. The molecule has 0 aromatic heterocycles. The van der Waals surface area contributed by atoms with Crippen LogP contribution in [0.15, 0.2) is 35.2 Å². The Hall–Kier alpha value is -2.12. The fourth-order valence-electron chi connectivity index (χ4n) is 2.71. The fraction of sp³-hybridized carbons (Fsp3) is 0.353. The topological polar surface area (TPSA) is 62.1 Å². The van der Waals surface area contributed by atoms with Crippen molar-refractivity contribution in [3.05, 3.63) is 40.8 Å². The minimum absolute atomic E-state index is 0.161. The summed E-state index contributed by atoms with van der Waals surface area (Å²) in [5, 5.41) is -0.379. The lowest BCUT2D eigenvalue weighted by Gasteiger charge is -2.30. The van der Waals surface area contributed by atoms with E-state index in [2.05, 4.69) is 7.05 Å². The second-order valence-electron chi connectivity index (χ2n) is 6.02. The van der Waals surface area contributed by atoms with Gasteiger partial charge >= 0.3 is 0 Å². The summed E-state index contributed by atoms with van der Waals surface area (Å²) in [4.78, 5) is 41.4. The van der Waals surface area contributed by atoms with Gasteiger partial charge in [-0.05, 0) is 23.4 Å². The van der Waals surface area contributed by atoms with Crippen molar-refractivity contribution in [3.8, 4) is 0 Å². The zero-order valence-corrected chi connectivity index (χ0v) is 14.3. The maximum Gasteiger partial charge on any atom is 0.294 e. The summed E-state index contributed by atoms with van der Waals surface area (Å²) in [6, 6.07) is 9.36. The van der Waals surface area contributed by atoms with Crippen molar-refractivity contribution in [1.82, 2.24) is 9.80 Å². The number of benzene rings is 1. The highest BCUT2D eigenvalue weighted by Gasteiger charge is 2.37. The van der Waals surface area contributed by atoms with Gasteiger partial charge in [0.15, 0.2) is 0 Å². The largest absolute Gasteiger partial charge is 0.334 e. The van der Waals surface area contributed by atoms with Crippen molar-refractivity contribution in [3.63, 3.8) is 0 Å². The van der Waals surface area contributed by atoms with E-state index in [4.69, 9.17) is 0 Å². The van der Waals surface area contributed by atoms with Crippen LogP contribution in [0, 0.1) is 0 Å². The number of rotatable bonds is 3. The number of piperazine rings is 1. The van der Waals surface area contributed by atoms with Crippen molar-refractivity contribution in [2.45, 2.75) is 0 Å². The molecule has 0 atom stereocenters. The summed E-state index contributed by atoms with van der Waals surface area (Å²) in [6.45, 7) is 2.94. The van der Waals surface area contributed by atoms with Gasteiger partial charge in [0.1, 0.15) is 6.54 Å². The molecule has 0 unspecified atom stereocenters. The Morgan fingerprint density at radius 1 is 1.21 bits per heavy atom. The maximum absolute atomic E-state index is 12.4. The molecule has 3 rings (SSSR count). The first-order chi connectivity index (χ1) is 11.5. The lowest BCUT2D eigenvalue weighted by molar-refractivity contribution is -0.883. The molecule has 1 aromatic rings. The molecular formula is C17H20N3O3S+. The van der Waals surface area contributed by atoms with Crippen LogP contribution in [0.1, 0.15) is 5.56 Å². The fourth-order valence-corrected chi connectivity index (χ4v) is 3.55. The van der Waals surface area contributed by atoms with Crippen LogP contribution in [0.4, 0.5) is 4.79 Å².